The molecule has 3 nitrogen and oxygen atoms in total. The summed E-state index contributed by atoms with van der Waals surface area (Å²) in [6.45, 7) is 1.49. The number of hydrogen-bond acceptors (Lipinski definition) is 3. The Morgan fingerprint density at radius 3 is 2.61 bits per heavy atom. The standard InChI is InChI=1S/C14H13ClN2O/c15-12-3-1-11(2-4-12)7-8-17-10-14-6-5-13(9-16)18-14/h1-6,17H,7-8,10H2. The van der Waals surface area contributed by atoms with Gasteiger partial charge in [-0.05, 0) is 42.8 Å². The molecule has 92 valence electrons. The molecule has 0 fully saturated rings. The van der Waals surface area contributed by atoms with E-state index in [9.17, 15) is 0 Å². The normalized spacial score (nSPS) is 10.2. The van der Waals surface area contributed by atoms with Crippen LogP contribution in [0.2, 0.25) is 5.02 Å². The van der Waals surface area contributed by atoms with Gasteiger partial charge in [-0.25, -0.2) is 0 Å². The van der Waals surface area contributed by atoms with Gasteiger partial charge in [0.1, 0.15) is 11.8 Å². The zero-order valence-electron chi connectivity index (χ0n) is 9.82. The van der Waals surface area contributed by atoms with Gasteiger partial charge < -0.3 is 9.73 Å². The number of rotatable bonds is 5. The first-order valence-corrected chi connectivity index (χ1v) is 6.10. The lowest BCUT2D eigenvalue weighted by molar-refractivity contribution is 0.475. The maximum absolute atomic E-state index is 8.62. The number of nitrogens with one attached hydrogen (secondary N) is 1. The molecule has 0 saturated carbocycles. The first-order chi connectivity index (χ1) is 8.78. The van der Waals surface area contributed by atoms with Crippen molar-refractivity contribution < 1.29 is 4.42 Å². The Bertz CT molecular complexity index is 540. The van der Waals surface area contributed by atoms with Gasteiger partial charge in [0.25, 0.3) is 0 Å². The average molecular weight is 261 g/mol. The molecule has 0 aliphatic carbocycles. The lowest BCUT2D eigenvalue weighted by Crippen LogP contribution is -2.16. The van der Waals surface area contributed by atoms with Gasteiger partial charge in [-0.1, -0.05) is 23.7 Å². The van der Waals surface area contributed by atoms with Crippen molar-refractivity contribution in [3.8, 4) is 6.07 Å². The Morgan fingerprint density at radius 1 is 1.17 bits per heavy atom. The van der Waals surface area contributed by atoms with Gasteiger partial charge in [-0.15, -0.1) is 0 Å². The van der Waals surface area contributed by atoms with Gasteiger partial charge in [0.2, 0.25) is 5.76 Å². The summed E-state index contributed by atoms with van der Waals surface area (Å²) >= 11 is 5.81. The van der Waals surface area contributed by atoms with Crippen molar-refractivity contribution in [1.29, 1.82) is 5.26 Å². The first-order valence-electron chi connectivity index (χ1n) is 5.72. The fourth-order valence-electron chi connectivity index (χ4n) is 1.63. The van der Waals surface area contributed by atoms with Crippen molar-refractivity contribution in [2.45, 2.75) is 13.0 Å². The number of nitrogens with zero attached hydrogens (tertiary/aromatic N) is 1. The van der Waals surface area contributed by atoms with Crippen molar-refractivity contribution in [1.82, 2.24) is 5.32 Å². The van der Waals surface area contributed by atoms with Crippen LogP contribution in [-0.4, -0.2) is 6.54 Å². The lowest BCUT2D eigenvalue weighted by atomic mass is 10.1. The molecule has 1 heterocycles. The summed E-state index contributed by atoms with van der Waals surface area (Å²) in [5.74, 6) is 1.13. The highest BCUT2D eigenvalue weighted by molar-refractivity contribution is 6.30. The molecule has 0 amide bonds. The molecule has 1 aromatic carbocycles. The minimum absolute atomic E-state index is 0.351. The Morgan fingerprint density at radius 2 is 1.94 bits per heavy atom. The quantitative estimate of drug-likeness (QED) is 0.841. The molecular formula is C14H13ClN2O. The number of halogens is 1. The third kappa shape index (κ3) is 3.63. The predicted molar refractivity (Wildman–Crippen MR) is 70.3 cm³/mol. The largest absolute Gasteiger partial charge is 0.449 e. The molecular weight excluding hydrogens is 248 g/mol. The second-order valence-electron chi connectivity index (χ2n) is 3.93. The molecule has 0 unspecified atom stereocenters. The molecule has 0 aliphatic rings. The van der Waals surface area contributed by atoms with Crippen molar-refractivity contribution in [3.63, 3.8) is 0 Å². The SMILES string of the molecule is N#Cc1ccc(CNCCc2ccc(Cl)cc2)o1. The van der Waals surface area contributed by atoms with E-state index in [-0.39, 0.29) is 0 Å². The molecule has 0 aliphatic heterocycles. The van der Waals surface area contributed by atoms with Crippen molar-refractivity contribution >= 4 is 11.6 Å². The number of furan rings is 1. The highest BCUT2D eigenvalue weighted by atomic mass is 35.5. The molecule has 1 aromatic heterocycles. The van der Waals surface area contributed by atoms with Gasteiger partial charge in [0, 0.05) is 5.02 Å². The molecule has 1 N–H and O–H groups in total. The zero-order chi connectivity index (χ0) is 12.8. The number of nitriles is 1. The molecule has 4 heteroatoms. The maximum atomic E-state index is 8.62. The fourth-order valence-corrected chi connectivity index (χ4v) is 1.75. The first kappa shape index (κ1) is 12.7. The fraction of sp³-hybridized carbons (Fsp3) is 0.214. The van der Waals surface area contributed by atoms with Crippen molar-refractivity contribution in [3.05, 3.63) is 58.5 Å². The summed E-state index contributed by atoms with van der Waals surface area (Å²) in [7, 11) is 0. The zero-order valence-corrected chi connectivity index (χ0v) is 10.6. The van der Waals surface area contributed by atoms with Crippen LogP contribution in [0, 0.1) is 11.3 Å². The Balaban J connectivity index is 1.73. The second-order valence-corrected chi connectivity index (χ2v) is 4.37. The van der Waals surface area contributed by atoms with Crippen LogP contribution >= 0.6 is 11.6 Å². The Labute approximate surface area is 111 Å². The monoisotopic (exact) mass is 260 g/mol. The minimum Gasteiger partial charge on any atom is -0.449 e. The van der Waals surface area contributed by atoms with E-state index in [0.717, 1.165) is 23.7 Å². The van der Waals surface area contributed by atoms with Crippen molar-refractivity contribution in [2.24, 2.45) is 0 Å². The van der Waals surface area contributed by atoms with Crippen molar-refractivity contribution in [2.75, 3.05) is 6.54 Å². The summed E-state index contributed by atoms with van der Waals surface area (Å²) < 4.78 is 5.26. The van der Waals surface area contributed by atoms with E-state index in [1.54, 1.807) is 6.07 Å². The van der Waals surface area contributed by atoms with E-state index < -0.39 is 0 Å². The third-order valence-corrected chi connectivity index (χ3v) is 2.83. The van der Waals surface area contributed by atoms with Crippen LogP contribution in [0.15, 0.2) is 40.8 Å². The van der Waals surface area contributed by atoms with E-state index in [1.165, 1.54) is 5.56 Å². The summed E-state index contributed by atoms with van der Waals surface area (Å²) in [6, 6.07) is 13.3. The summed E-state index contributed by atoms with van der Waals surface area (Å²) in [5.41, 5.74) is 1.24. The second kappa shape index (κ2) is 6.25. The van der Waals surface area contributed by atoms with Gasteiger partial charge in [-0.2, -0.15) is 5.26 Å². The molecule has 0 atom stereocenters. The van der Waals surface area contributed by atoms with Crippen LogP contribution in [0.5, 0.6) is 0 Å². The minimum atomic E-state index is 0.351. The highest BCUT2D eigenvalue weighted by Crippen LogP contribution is 2.10. The van der Waals surface area contributed by atoms with Gasteiger partial charge >= 0.3 is 0 Å². The summed E-state index contributed by atoms with van der Waals surface area (Å²) in [6.07, 6.45) is 0.934. The Kier molecular flexibility index (Phi) is 4.40. The molecule has 0 saturated heterocycles. The van der Waals surface area contributed by atoms with Crippen LogP contribution in [0.1, 0.15) is 17.1 Å². The summed E-state index contributed by atoms with van der Waals surface area (Å²) in [4.78, 5) is 0. The third-order valence-electron chi connectivity index (χ3n) is 2.57. The lowest BCUT2D eigenvalue weighted by Gasteiger charge is -2.03. The maximum Gasteiger partial charge on any atom is 0.203 e. The summed E-state index contributed by atoms with van der Waals surface area (Å²) in [5, 5.41) is 12.6. The Hall–Kier alpha value is -1.76. The van der Waals surface area contributed by atoms with Crippen LogP contribution in [0.4, 0.5) is 0 Å². The predicted octanol–water partition coefficient (Wildman–Crippen LogP) is 3.14. The van der Waals surface area contributed by atoms with E-state index in [0.29, 0.717) is 12.3 Å². The highest BCUT2D eigenvalue weighted by Gasteiger charge is 2.00. The van der Waals surface area contributed by atoms with E-state index in [1.807, 2.05) is 36.4 Å². The van der Waals surface area contributed by atoms with Crippen LogP contribution < -0.4 is 5.32 Å². The van der Waals surface area contributed by atoms with Crippen LogP contribution in [0.25, 0.3) is 0 Å². The molecule has 0 spiro atoms. The molecule has 2 rings (SSSR count). The van der Waals surface area contributed by atoms with Crippen LogP contribution in [0.3, 0.4) is 0 Å². The molecule has 2 aromatic rings. The number of hydrogen-bond donors (Lipinski definition) is 1. The van der Waals surface area contributed by atoms with Gasteiger partial charge in [0.05, 0.1) is 6.54 Å². The molecule has 0 radical (unpaired) electrons. The smallest absolute Gasteiger partial charge is 0.203 e. The number of benzene rings is 1. The van der Waals surface area contributed by atoms with Crippen LogP contribution in [-0.2, 0) is 13.0 Å². The van der Waals surface area contributed by atoms with E-state index in [4.69, 9.17) is 21.3 Å². The van der Waals surface area contributed by atoms with E-state index in [2.05, 4.69) is 5.32 Å². The van der Waals surface area contributed by atoms with E-state index >= 15 is 0 Å². The van der Waals surface area contributed by atoms with Gasteiger partial charge in [-0.3, -0.25) is 0 Å². The molecule has 0 bridgehead atoms. The molecule has 18 heavy (non-hydrogen) atoms. The van der Waals surface area contributed by atoms with Gasteiger partial charge in [0.15, 0.2) is 0 Å². The average Bonchev–Trinajstić information content (AvgIpc) is 2.85. The topological polar surface area (TPSA) is 49.0 Å².